The highest BCUT2D eigenvalue weighted by molar-refractivity contribution is 5.89. The number of amides is 1. The SMILES string of the molecule is CC1c2ccccc2CC1CC(=O)[C@@H](NC(=O)OC(C)(C)C)c1ccc(F)cc1. The van der Waals surface area contributed by atoms with Crippen LogP contribution in [0.25, 0.3) is 0 Å². The molecule has 4 nitrogen and oxygen atoms in total. The summed E-state index contributed by atoms with van der Waals surface area (Å²) < 4.78 is 18.7. The molecule has 0 aromatic heterocycles. The van der Waals surface area contributed by atoms with Crippen LogP contribution in [0.1, 0.15) is 62.8 Å². The van der Waals surface area contributed by atoms with Gasteiger partial charge < -0.3 is 10.1 Å². The van der Waals surface area contributed by atoms with Gasteiger partial charge in [0.15, 0.2) is 5.78 Å². The fraction of sp³-hybridized carbons (Fsp3) is 0.417. The number of rotatable bonds is 5. The second-order valence-corrected chi connectivity index (χ2v) is 8.75. The maximum atomic E-state index is 13.4. The van der Waals surface area contributed by atoms with Gasteiger partial charge in [-0.05, 0) is 67.9 Å². The summed E-state index contributed by atoms with van der Waals surface area (Å²) in [6.45, 7) is 7.42. The van der Waals surface area contributed by atoms with Crippen LogP contribution in [0, 0.1) is 11.7 Å². The molecule has 0 saturated carbocycles. The van der Waals surface area contributed by atoms with E-state index in [4.69, 9.17) is 4.74 Å². The summed E-state index contributed by atoms with van der Waals surface area (Å²) in [6, 6.07) is 13.0. The van der Waals surface area contributed by atoms with E-state index >= 15 is 0 Å². The molecule has 1 N–H and O–H groups in total. The van der Waals surface area contributed by atoms with Crippen molar-refractivity contribution in [3.8, 4) is 0 Å². The van der Waals surface area contributed by atoms with Gasteiger partial charge >= 0.3 is 6.09 Å². The maximum Gasteiger partial charge on any atom is 0.408 e. The van der Waals surface area contributed by atoms with E-state index in [1.807, 2.05) is 12.1 Å². The number of carbonyl (C=O) groups excluding carboxylic acids is 2. The van der Waals surface area contributed by atoms with Crippen LogP contribution in [-0.2, 0) is 16.0 Å². The van der Waals surface area contributed by atoms with Crippen LogP contribution in [-0.4, -0.2) is 17.5 Å². The molecule has 5 heteroatoms. The fourth-order valence-electron chi connectivity index (χ4n) is 3.93. The molecular weight excluding hydrogens is 369 g/mol. The summed E-state index contributed by atoms with van der Waals surface area (Å²) in [5, 5.41) is 2.69. The van der Waals surface area contributed by atoms with E-state index in [1.165, 1.54) is 35.4 Å². The fourth-order valence-corrected chi connectivity index (χ4v) is 3.93. The Kier molecular flexibility index (Phi) is 6.06. The molecule has 2 aromatic carbocycles. The predicted octanol–water partition coefficient (Wildman–Crippen LogP) is 5.33. The lowest BCUT2D eigenvalue weighted by atomic mass is 9.87. The molecule has 0 saturated heterocycles. The smallest absolute Gasteiger partial charge is 0.408 e. The standard InChI is InChI=1S/C24H28FNO3/c1-15-18(13-17-7-5-6-8-20(15)17)14-21(27)22(16-9-11-19(25)12-10-16)26-23(28)29-24(2,3)4/h5-12,15,18,22H,13-14H2,1-4H3,(H,26,28)/t15?,18?,22-/m0/s1. The number of fused-ring (bicyclic) bond motifs is 1. The zero-order valence-electron chi connectivity index (χ0n) is 17.4. The van der Waals surface area contributed by atoms with Crippen molar-refractivity contribution in [2.24, 2.45) is 5.92 Å². The second kappa shape index (κ2) is 8.36. The number of halogens is 1. The minimum atomic E-state index is -0.874. The molecule has 1 aliphatic rings. The molecule has 1 aliphatic carbocycles. The van der Waals surface area contributed by atoms with Gasteiger partial charge in [-0.1, -0.05) is 43.3 Å². The topological polar surface area (TPSA) is 55.4 Å². The van der Waals surface area contributed by atoms with E-state index in [1.54, 1.807) is 20.8 Å². The summed E-state index contributed by atoms with van der Waals surface area (Å²) >= 11 is 0. The number of hydrogen-bond acceptors (Lipinski definition) is 3. The first-order valence-electron chi connectivity index (χ1n) is 9.99. The minimum Gasteiger partial charge on any atom is -0.444 e. The zero-order valence-corrected chi connectivity index (χ0v) is 17.4. The molecule has 0 fully saturated rings. The molecule has 154 valence electrons. The lowest BCUT2D eigenvalue weighted by Gasteiger charge is -2.25. The van der Waals surface area contributed by atoms with Crippen LogP contribution >= 0.6 is 0 Å². The van der Waals surface area contributed by atoms with E-state index < -0.39 is 23.6 Å². The number of nitrogens with one attached hydrogen (secondary N) is 1. The molecule has 0 spiro atoms. The van der Waals surface area contributed by atoms with Gasteiger partial charge in [-0.25, -0.2) is 9.18 Å². The molecule has 0 aliphatic heterocycles. The van der Waals surface area contributed by atoms with Crippen LogP contribution in [0.4, 0.5) is 9.18 Å². The van der Waals surface area contributed by atoms with E-state index in [9.17, 15) is 14.0 Å². The number of ether oxygens (including phenoxy) is 1. The first kappa shape index (κ1) is 21.0. The molecule has 3 rings (SSSR count). The average molecular weight is 397 g/mol. The Balaban J connectivity index is 1.77. The lowest BCUT2D eigenvalue weighted by Crippen LogP contribution is -2.38. The van der Waals surface area contributed by atoms with Crippen molar-refractivity contribution in [1.29, 1.82) is 0 Å². The van der Waals surface area contributed by atoms with Crippen molar-refractivity contribution in [1.82, 2.24) is 5.32 Å². The highest BCUT2D eigenvalue weighted by Gasteiger charge is 2.33. The second-order valence-electron chi connectivity index (χ2n) is 8.75. The molecule has 3 atom stereocenters. The third kappa shape index (κ3) is 5.22. The number of Topliss-reactive ketones (excluding diaryl/α,β-unsaturated/α-hetero) is 1. The maximum absolute atomic E-state index is 13.4. The third-order valence-corrected chi connectivity index (χ3v) is 5.38. The summed E-state index contributed by atoms with van der Waals surface area (Å²) in [6.07, 6.45) is 0.502. The Morgan fingerprint density at radius 2 is 1.79 bits per heavy atom. The van der Waals surface area contributed by atoms with E-state index in [0.717, 1.165) is 6.42 Å². The molecule has 2 unspecified atom stereocenters. The summed E-state index contributed by atoms with van der Waals surface area (Å²) in [5.41, 5.74) is 2.42. The Hall–Kier alpha value is -2.69. The Bertz CT molecular complexity index is 886. The van der Waals surface area contributed by atoms with Gasteiger partial charge in [-0.2, -0.15) is 0 Å². The van der Waals surface area contributed by atoms with Crippen molar-refractivity contribution in [2.75, 3.05) is 0 Å². The first-order valence-corrected chi connectivity index (χ1v) is 9.99. The van der Waals surface area contributed by atoms with Crippen molar-refractivity contribution >= 4 is 11.9 Å². The van der Waals surface area contributed by atoms with Crippen LogP contribution in [0.3, 0.4) is 0 Å². The van der Waals surface area contributed by atoms with Crippen LogP contribution in [0.15, 0.2) is 48.5 Å². The lowest BCUT2D eigenvalue weighted by molar-refractivity contribution is -0.122. The Morgan fingerprint density at radius 1 is 1.14 bits per heavy atom. The number of carbonyl (C=O) groups is 2. The summed E-state index contributed by atoms with van der Waals surface area (Å²) in [5.74, 6) is -0.0574. The molecule has 0 heterocycles. The van der Waals surface area contributed by atoms with E-state index in [-0.39, 0.29) is 17.6 Å². The summed E-state index contributed by atoms with van der Waals surface area (Å²) in [4.78, 5) is 25.6. The van der Waals surface area contributed by atoms with Crippen molar-refractivity contribution in [3.05, 3.63) is 71.0 Å². The minimum absolute atomic E-state index is 0.105. The van der Waals surface area contributed by atoms with Gasteiger partial charge in [0.25, 0.3) is 0 Å². The third-order valence-electron chi connectivity index (χ3n) is 5.38. The van der Waals surface area contributed by atoms with Gasteiger partial charge in [0.2, 0.25) is 0 Å². The average Bonchev–Trinajstić information content (AvgIpc) is 2.95. The molecule has 0 radical (unpaired) electrons. The molecular formula is C24H28FNO3. The predicted molar refractivity (Wildman–Crippen MR) is 110 cm³/mol. The van der Waals surface area contributed by atoms with Crippen LogP contribution in [0.5, 0.6) is 0 Å². The van der Waals surface area contributed by atoms with Gasteiger partial charge in [0.1, 0.15) is 17.5 Å². The molecule has 0 bridgehead atoms. The van der Waals surface area contributed by atoms with Crippen molar-refractivity contribution < 1.29 is 18.7 Å². The highest BCUT2D eigenvalue weighted by atomic mass is 19.1. The molecule has 2 aromatic rings. The van der Waals surface area contributed by atoms with Gasteiger partial charge in [0.05, 0.1) is 0 Å². The normalized spacial score (nSPS) is 19.3. The highest BCUT2D eigenvalue weighted by Crippen LogP contribution is 2.40. The number of hydrogen-bond donors (Lipinski definition) is 1. The quantitative estimate of drug-likeness (QED) is 0.742. The zero-order chi connectivity index (χ0) is 21.2. The monoisotopic (exact) mass is 397 g/mol. The largest absolute Gasteiger partial charge is 0.444 e. The van der Waals surface area contributed by atoms with Gasteiger partial charge in [-0.15, -0.1) is 0 Å². The summed E-state index contributed by atoms with van der Waals surface area (Å²) in [7, 11) is 0. The Labute approximate surface area is 171 Å². The van der Waals surface area contributed by atoms with Crippen LogP contribution in [0.2, 0.25) is 0 Å². The van der Waals surface area contributed by atoms with Crippen molar-refractivity contribution in [3.63, 3.8) is 0 Å². The molecule has 29 heavy (non-hydrogen) atoms. The van der Waals surface area contributed by atoms with E-state index in [2.05, 4.69) is 24.4 Å². The van der Waals surface area contributed by atoms with Crippen LogP contribution < -0.4 is 5.32 Å². The van der Waals surface area contributed by atoms with Crippen molar-refractivity contribution in [2.45, 2.75) is 58.1 Å². The molecule has 1 amide bonds. The van der Waals surface area contributed by atoms with Gasteiger partial charge in [0, 0.05) is 6.42 Å². The number of benzene rings is 2. The Morgan fingerprint density at radius 3 is 2.41 bits per heavy atom. The first-order chi connectivity index (χ1) is 13.6. The van der Waals surface area contributed by atoms with E-state index in [0.29, 0.717) is 12.0 Å². The van der Waals surface area contributed by atoms with Gasteiger partial charge in [-0.3, -0.25) is 4.79 Å². The number of ketones is 1. The number of alkyl carbamates (subject to hydrolysis) is 1.